The summed E-state index contributed by atoms with van der Waals surface area (Å²) in [6.45, 7) is 4.10. The second kappa shape index (κ2) is 8.56. The van der Waals surface area contributed by atoms with Gasteiger partial charge in [-0.1, -0.05) is 27.6 Å². The first-order valence-electron chi connectivity index (χ1n) is 8.93. The number of hydrogen-bond acceptors (Lipinski definition) is 2. The van der Waals surface area contributed by atoms with Crippen molar-refractivity contribution in [3.63, 3.8) is 0 Å². The molecule has 3 rings (SSSR count). The van der Waals surface area contributed by atoms with E-state index in [0.29, 0.717) is 0 Å². The molecule has 0 atom stereocenters. The van der Waals surface area contributed by atoms with Gasteiger partial charge < -0.3 is 15.1 Å². The summed E-state index contributed by atoms with van der Waals surface area (Å²) in [5.74, 6) is 0. The maximum Gasteiger partial charge on any atom is 0.317 e. The van der Waals surface area contributed by atoms with E-state index in [1.807, 2.05) is 4.90 Å². The first-order valence-corrected chi connectivity index (χ1v) is 9.73. The van der Waals surface area contributed by atoms with Crippen molar-refractivity contribution in [1.82, 2.24) is 10.2 Å². The lowest BCUT2D eigenvalue weighted by atomic mass is 9.97. The maximum absolute atomic E-state index is 12.3. The number of amides is 2. The lowest BCUT2D eigenvalue weighted by Gasteiger charge is -2.36. The van der Waals surface area contributed by atoms with E-state index >= 15 is 0 Å². The fourth-order valence-corrected chi connectivity index (χ4v) is 3.66. The third-order valence-electron chi connectivity index (χ3n) is 4.87. The van der Waals surface area contributed by atoms with Crippen LogP contribution in [-0.2, 0) is 0 Å². The molecule has 2 aliphatic rings. The predicted molar refractivity (Wildman–Crippen MR) is 102 cm³/mol. The van der Waals surface area contributed by atoms with Gasteiger partial charge in [0.25, 0.3) is 0 Å². The number of benzene rings is 1. The Morgan fingerprint density at radius 1 is 1.08 bits per heavy atom. The summed E-state index contributed by atoms with van der Waals surface area (Å²) in [6, 6.07) is 8.46. The second-order valence-electron chi connectivity index (χ2n) is 6.54. The third kappa shape index (κ3) is 4.76. The summed E-state index contributed by atoms with van der Waals surface area (Å²) in [7, 11) is 0. The molecule has 1 N–H and O–H groups in total. The number of piperazine rings is 1. The van der Waals surface area contributed by atoms with Crippen LogP contribution in [0.15, 0.2) is 40.4 Å². The fraction of sp³-hybridized carbons (Fsp3) is 0.526. The van der Waals surface area contributed by atoms with Crippen molar-refractivity contribution in [2.75, 3.05) is 37.6 Å². The number of rotatable bonds is 4. The van der Waals surface area contributed by atoms with Crippen molar-refractivity contribution in [3.05, 3.63) is 40.4 Å². The number of carbonyl (C=O) groups excluding carboxylic acids is 1. The van der Waals surface area contributed by atoms with Gasteiger partial charge in [0, 0.05) is 42.9 Å². The van der Waals surface area contributed by atoms with E-state index in [4.69, 9.17) is 0 Å². The average Bonchev–Trinajstić information content (AvgIpc) is 2.63. The van der Waals surface area contributed by atoms with Crippen molar-refractivity contribution in [2.45, 2.75) is 32.1 Å². The van der Waals surface area contributed by atoms with Gasteiger partial charge in [-0.3, -0.25) is 0 Å². The van der Waals surface area contributed by atoms with Crippen molar-refractivity contribution >= 4 is 27.6 Å². The van der Waals surface area contributed by atoms with E-state index in [0.717, 1.165) is 43.6 Å². The Kier molecular flexibility index (Phi) is 6.18. The molecule has 130 valence electrons. The number of nitrogens with zero attached hydrogens (tertiary/aromatic N) is 2. The summed E-state index contributed by atoms with van der Waals surface area (Å²) < 4.78 is 1.09. The van der Waals surface area contributed by atoms with Gasteiger partial charge in [-0.2, -0.15) is 0 Å². The van der Waals surface area contributed by atoms with Crippen LogP contribution in [0.4, 0.5) is 10.5 Å². The summed E-state index contributed by atoms with van der Waals surface area (Å²) in [4.78, 5) is 16.6. The zero-order valence-corrected chi connectivity index (χ0v) is 15.7. The minimum absolute atomic E-state index is 0.0851. The average molecular weight is 392 g/mol. The number of allylic oxidation sites excluding steroid dienone is 1. The van der Waals surface area contributed by atoms with Gasteiger partial charge in [-0.25, -0.2) is 4.79 Å². The third-order valence-corrected chi connectivity index (χ3v) is 5.39. The quantitative estimate of drug-likeness (QED) is 0.781. The predicted octanol–water partition coefficient (Wildman–Crippen LogP) is 4.17. The number of nitrogens with one attached hydrogen (secondary N) is 1. The van der Waals surface area contributed by atoms with Crippen molar-refractivity contribution in [2.24, 2.45) is 0 Å². The Hall–Kier alpha value is -1.49. The normalized spacial score (nSPS) is 18.3. The number of urea groups is 1. The molecule has 1 fully saturated rings. The topological polar surface area (TPSA) is 35.6 Å². The zero-order chi connectivity index (χ0) is 16.8. The molecule has 4 nitrogen and oxygen atoms in total. The lowest BCUT2D eigenvalue weighted by molar-refractivity contribution is 0.194. The molecule has 1 aliphatic heterocycles. The molecule has 1 aliphatic carbocycles. The standard InChI is InChI=1S/C19H26BrN3O/c20-17-6-8-18(9-7-17)22-12-14-23(15-13-22)19(24)21-11-10-16-4-2-1-3-5-16/h4,6-9H,1-3,5,10-15H2,(H,21,24). The summed E-state index contributed by atoms with van der Waals surface area (Å²) in [5.41, 5.74) is 2.74. The number of anilines is 1. The van der Waals surface area contributed by atoms with Gasteiger partial charge in [0.05, 0.1) is 0 Å². The molecule has 0 bridgehead atoms. The summed E-state index contributed by atoms with van der Waals surface area (Å²) in [6.07, 6.45) is 8.40. The first-order chi connectivity index (χ1) is 11.7. The van der Waals surface area contributed by atoms with Crippen molar-refractivity contribution in [3.8, 4) is 0 Å². The maximum atomic E-state index is 12.3. The second-order valence-corrected chi connectivity index (χ2v) is 7.46. The van der Waals surface area contributed by atoms with Crippen LogP contribution in [0.25, 0.3) is 0 Å². The van der Waals surface area contributed by atoms with E-state index in [9.17, 15) is 4.79 Å². The van der Waals surface area contributed by atoms with Crippen LogP contribution >= 0.6 is 15.9 Å². The molecule has 0 spiro atoms. The molecule has 1 aromatic carbocycles. The minimum atomic E-state index is 0.0851. The highest BCUT2D eigenvalue weighted by atomic mass is 79.9. The SMILES string of the molecule is O=C(NCCC1=CCCCC1)N1CCN(c2ccc(Br)cc2)CC1. The minimum Gasteiger partial charge on any atom is -0.368 e. The molecule has 0 saturated carbocycles. The van der Waals surface area contributed by atoms with Crippen LogP contribution in [0.5, 0.6) is 0 Å². The van der Waals surface area contributed by atoms with Gasteiger partial charge in [0.15, 0.2) is 0 Å². The van der Waals surface area contributed by atoms with E-state index < -0.39 is 0 Å². The van der Waals surface area contributed by atoms with Gasteiger partial charge in [0.2, 0.25) is 0 Å². The Labute approximate surface area is 153 Å². The molecule has 1 saturated heterocycles. The highest BCUT2D eigenvalue weighted by Crippen LogP contribution is 2.20. The van der Waals surface area contributed by atoms with E-state index in [1.165, 1.54) is 36.9 Å². The molecule has 0 unspecified atom stereocenters. The molecule has 24 heavy (non-hydrogen) atoms. The van der Waals surface area contributed by atoms with Crippen molar-refractivity contribution < 1.29 is 4.79 Å². The van der Waals surface area contributed by atoms with Gasteiger partial charge >= 0.3 is 6.03 Å². The van der Waals surface area contributed by atoms with E-state index in [2.05, 4.69) is 56.5 Å². The smallest absolute Gasteiger partial charge is 0.317 e. The highest BCUT2D eigenvalue weighted by Gasteiger charge is 2.21. The summed E-state index contributed by atoms with van der Waals surface area (Å²) >= 11 is 3.47. The molecule has 0 aromatic heterocycles. The lowest BCUT2D eigenvalue weighted by Crippen LogP contribution is -2.52. The fourth-order valence-electron chi connectivity index (χ4n) is 3.39. The van der Waals surface area contributed by atoms with Gasteiger partial charge in [-0.15, -0.1) is 0 Å². The van der Waals surface area contributed by atoms with Crippen LogP contribution < -0.4 is 10.2 Å². The molecule has 0 radical (unpaired) electrons. The van der Waals surface area contributed by atoms with E-state index in [1.54, 1.807) is 0 Å². The Morgan fingerprint density at radius 3 is 2.50 bits per heavy atom. The number of carbonyl (C=O) groups is 1. The molecule has 5 heteroatoms. The molecular formula is C19H26BrN3O. The van der Waals surface area contributed by atoms with Crippen LogP contribution in [0.2, 0.25) is 0 Å². The van der Waals surface area contributed by atoms with Crippen LogP contribution in [0.3, 0.4) is 0 Å². The van der Waals surface area contributed by atoms with Gasteiger partial charge in [0.1, 0.15) is 0 Å². The Balaban J connectivity index is 1.40. The van der Waals surface area contributed by atoms with Crippen LogP contribution in [0.1, 0.15) is 32.1 Å². The van der Waals surface area contributed by atoms with Crippen LogP contribution in [-0.4, -0.2) is 43.7 Å². The van der Waals surface area contributed by atoms with Crippen LogP contribution in [0, 0.1) is 0 Å². The highest BCUT2D eigenvalue weighted by molar-refractivity contribution is 9.10. The molecule has 2 amide bonds. The summed E-state index contributed by atoms with van der Waals surface area (Å²) in [5, 5.41) is 3.08. The zero-order valence-electron chi connectivity index (χ0n) is 14.1. The largest absolute Gasteiger partial charge is 0.368 e. The first kappa shape index (κ1) is 17.3. The molecular weight excluding hydrogens is 366 g/mol. The van der Waals surface area contributed by atoms with E-state index in [-0.39, 0.29) is 6.03 Å². The number of hydrogen-bond donors (Lipinski definition) is 1. The Bertz CT molecular complexity index is 577. The van der Waals surface area contributed by atoms with Gasteiger partial charge in [-0.05, 0) is 56.4 Å². The molecule has 1 aromatic rings. The monoisotopic (exact) mass is 391 g/mol. The molecule has 1 heterocycles. The van der Waals surface area contributed by atoms with Crippen molar-refractivity contribution in [1.29, 1.82) is 0 Å². The number of halogens is 1. The Morgan fingerprint density at radius 2 is 1.83 bits per heavy atom.